The molecule has 0 aliphatic rings. The minimum absolute atomic E-state index is 0.0334. The van der Waals surface area contributed by atoms with Crippen molar-refractivity contribution in [3.8, 4) is 0 Å². The third kappa shape index (κ3) is 2.66. The van der Waals surface area contributed by atoms with Gasteiger partial charge in [0.2, 0.25) is 0 Å². The lowest BCUT2D eigenvalue weighted by atomic mass is 10.2. The summed E-state index contributed by atoms with van der Waals surface area (Å²) in [5, 5.41) is 0.383. The van der Waals surface area contributed by atoms with Gasteiger partial charge in [-0.3, -0.25) is 0 Å². The van der Waals surface area contributed by atoms with E-state index in [-0.39, 0.29) is 16.8 Å². The van der Waals surface area contributed by atoms with E-state index in [4.69, 9.17) is 0 Å². The maximum atomic E-state index is 13.0. The van der Waals surface area contributed by atoms with Crippen molar-refractivity contribution in [2.24, 2.45) is 0 Å². The first-order valence-electron chi connectivity index (χ1n) is 5.28. The second kappa shape index (κ2) is 4.38. The fourth-order valence-corrected chi connectivity index (χ4v) is 3.89. The molecular formula is C12H13FO2S2. The summed E-state index contributed by atoms with van der Waals surface area (Å²) >= 11 is 1.40. The van der Waals surface area contributed by atoms with E-state index in [0.29, 0.717) is 0 Å². The highest BCUT2D eigenvalue weighted by Crippen LogP contribution is 2.28. The molecule has 2 rings (SSSR count). The van der Waals surface area contributed by atoms with Crippen LogP contribution in [-0.2, 0) is 15.6 Å². The summed E-state index contributed by atoms with van der Waals surface area (Å²) in [4.78, 5) is 0.763. The fourth-order valence-electron chi connectivity index (χ4n) is 1.51. The van der Waals surface area contributed by atoms with E-state index < -0.39 is 9.84 Å². The molecule has 17 heavy (non-hydrogen) atoms. The molecule has 0 aliphatic heterocycles. The van der Waals surface area contributed by atoms with E-state index in [0.717, 1.165) is 15.0 Å². The number of benzene rings is 1. The minimum Gasteiger partial charge on any atom is -0.228 e. The first-order chi connectivity index (χ1) is 7.88. The lowest BCUT2D eigenvalue weighted by molar-refractivity contribution is 0.587. The maximum absolute atomic E-state index is 13.0. The van der Waals surface area contributed by atoms with Crippen molar-refractivity contribution in [3.05, 3.63) is 35.0 Å². The Morgan fingerprint density at radius 2 is 2.00 bits per heavy atom. The maximum Gasteiger partial charge on any atom is 0.157 e. The highest BCUT2D eigenvalue weighted by Gasteiger charge is 2.18. The van der Waals surface area contributed by atoms with Crippen molar-refractivity contribution in [2.75, 3.05) is 0 Å². The Kier molecular flexibility index (Phi) is 3.23. The predicted molar refractivity (Wildman–Crippen MR) is 69.5 cm³/mol. The van der Waals surface area contributed by atoms with Crippen LogP contribution in [0.4, 0.5) is 4.39 Å². The Labute approximate surface area is 104 Å². The van der Waals surface area contributed by atoms with Gasteiger partial charge in [0.1, 0.15) is 5.82 Å². The summed E-state index contributed by atoms with van der Waals surface area (Å²) in [6, 6.07) is 6.25. The van der Waals surface area contributed by atoms with Gasteiger partial charge in [0.25, 0.3) is 0 Å². The van der Waals surface area contributed by atoms with Crippen molar-refractivity contribution in [1.29, 1.82) is 0 Å². The van der Waals surface area contributed by atoms with Crippen molar-refractivity contribution in [1.82, 2.24) is 0 Å². The number of hydrogen-bond acceptors (Lipinski definition) is 3. The van der Waals surface area contributed by atoms with E-state index in [1.807, 2.05) is 0 Å². The number of fused-ring (bicyclic) bond motifs is 1. The molecule has 0 atom stereocenters. The van der Waals surface area contributed by atoms with Crippen LogP contribution in [0.1, 0.15) is 18.7 Å². The lowest BCUT2D eigenvalue weighted by Gasteiger charge is -2.04. The van der Waals surface area contributed by atoms with Gasteiger partial charge >= 0.3 is 0 Å². The summed E-state index contributed by atoms with van der Waals surface area (Å²) in [6.45, 7) is 3.34. The predicted octanol–water partition coefficient (Wildman–Crippen LogP) is 3.36. The van der Waals surface area contributed by atoms with E-state index in [2.05, 4.69) is 0 Å². The molecule has 1 aromatic heterocycles. The average molecular weight is 272 g/mol. The molecule has 0 bridgehead atoms. The van der Waals surface area contributed by atoms with Crippen LogP contribution < -0.4 is 0 Å². The van der Waals surface area contributed by atoms with Crippen LogP contribution in [0, 0.1) is 5.82 Å². The zero-order valence-electron chi connectivity index (χ0n) is 9.60. The molecule has 0 saturated carbocycles. The second-order valence-electron chi connectivity index (χ2n) is 4.25. The van der Waals surface area contributed by atoms with Gasteiger partial charge in [-0.2, -0.15) is 0 Å². The van der Waals surface area contributed by atoms with Crippen LogP contribution in [0.3, 0.4) is 0 Å². The first-order valence-corrected chi connectivity index (χ1v) is 7.81. The monoisotopic (exact) mass is 272 g/mol. The molecule has 0 saturated heterocycles. The summed E-state index contributed by atoms with van der Waals surface area (Å²) in [7, 11) is -3.09. The highest BCUT2D eigenvalue weighted by molar-refractivity contribution is 7.91. The summed E-state index contributed by atoms with van der Waals surface area (Å²) in [5.74, 6) is -0.264. The largest absolute Gasteiger partial charge is 0.228 e. The summed E-state index contributed by atoms with van der Waals surface area (Å²) < 4.78 is 37.5. The van der Waals surface area contributed by atoms with Gasteiger partial charge in [-0.05, 0) is 43.5 Å². The van der Waals surface area contributed by atoms with Crippen molar-refractivity contribution < 1.29 is 12.8 Å². The molecule has 1 aromatic carbocycles. The Morgan fingerprint density at radius 1 is 1.29 bits per heavy atom. The average Bonchev–Trinajstić information content (AvgIpc) is 2.57. The SMILES string of the molecule is CC(C)S(=O)(=O)Cc1cc2cc(F)ccc2s1. The molecule has 92 valence electrons. The molecule has 0 spiro atoms. The van der Waals surface area contributed by atoms with Gasteiger partial charge in [-0.25, -0.2) is 12.8 Å². The Hall–Kier alpha value is -0.940. The van der Waals surface area contributed by atoms with E-state index in [1.165, 1.54) is 23.5 Å². The zero-order valence-corrected chi connectivity index (χ0v) is 11.2. The highest BCUT2D eigenvalue weighted by atomic mass is 32.2. The van der Waals surface area contributed by atoms with Gasteiger partial charge in [0.15, 0.2) is 9.84 Å². The lowest BCUT2D eigenvalue weighted by Crippen LogP contribution is -2.15. The molecule has 0 fully saturated rings. The van der Waals surface area contributed by atoms with Crippen LogP contribution in [0.15, 0.2) is 24.3 Å². The Balaban J connectivity index is 2.38. The minimum atomic E-state index is -3.09. The van der Waals surface area contributed by atoms with E-state index in [1.54, 1.807) is 26.0 Å². The molecule has 2 nitrogen and oxygen atoms in total. The number of thiophene rings is 1. The number of hydrogen-bond donors (Lipinski definition) is 0. The standard InChI is InChI=1S/C12H13FO2S2/c1-8(2)17(14,15)7-11-6-9-5-10(13)3-4-12(9)16-11/h3-6,8H,7H2,1-2H3. The van der Waals surface area contributed by atoms with Crippen molar-refractivity contribution in [2.45, 2.75) is 24.9 Å². The number of sulfone groups is 1. The van der Waals surface area contributed by atoms with Gasteiger partial charge in [-0.15, -0.1) is 11.3 Å². The molecule has 0 unspecified atom stereocenters. The van der Waals surface area contributed by atoms with E-state index >= 15 is 0 Å². The summed E-state index contributed by atoms with van der Waals surface area (Å²) in [6.07, 6.45) is 0. The first kappa shape index (κ1) is 12.5. The number of rotatable bonds is 3. The third-order valence-corrected chi connectivity index (χ3v) is 6.04. The normalized spacial score (nSPS) is 12.5. The molecule has 0 aliphatic carbocycles. The van der Waals surface area contributed by atoms with Crippen molar-refractivity contribution >= 4 is 31.3 Å². The molecule has 0 amide bonds. The second-order valence-corrected chi connectivity index (χ2v) is 7.98. The topological polar surface area (TPSA) is 34.1 Å². The van der Waals surface area contributed by atoms with Crippen LogP contribution in [0.25, 0.3) is 10.1 Å². The smallest absolute Gasteiger partial charge is 0.157 e. The molecule has 1 heterocycles. The quantitative estimate of drug-likeness (QED) is 0.858. The van der Waals surface area contributed by atoms with E-state index in [9.17, 15) is 12.8 Å². The number of halogens is 1. The van der Waals surface area contributed by atoms with Crippen molar-refractivity contribution in [3.63, 3.8) is 0 Å². The van der Waals surface area contributed by atoms with Gasteiger partial charge in [-0.1, -0.05) is 0 Å². The molecular weight excluding hydrogens is 259 g/mol. The molecule has 2 aromatic rings. The van der Waals surface area contributed by atoms with Crippen LogP contribution >= 0.6 is 11.3 Å². The third-order valence-electron chi connectivity index (χ3n) is 2.59. The van der Waals surface area contributed by atoms with Crippen LogP contribution in [-0.4, -0.2) is 13.7 Å². The van der Waals surface area contributed by atoms with Crippen LogP contribution in [0.2, 0.25) is 0 Å². The zero-order chi connectivity index (χ0) is 12.6. The van der Waals surface area contributed by atoms with Gasteiger partial charge < -0.3 is 0 Å². The fraction of sp³-hybridized carbons (Fsp3) is 0.333. The molecule has 0 N–H and O–H groups in total. The molecule has 5 heteroatoms. The summed E-state index contributed by atoms with van der Waals surface area (Å²) in [5.41, 5.74) is 0. The van der Waals surface area contributed by atoms with Gasteiger partial charge in [0.05, 0.1) is 11.0 Å². The van der Waals surface area contributed by atoms with Crippen LogP contribution in [0.5, 0.6) is 0 Å². The van der Waals surface area contributed by atoms with Gasteiger partial charge in [0, 0.05) is 9.58 Å². The molecule has 0 radical (unpaired) electrons. The Morgan fingerprint density at radius 3 is 2.65 bits per heavy atom. The Bertz CT molecular complexity index is 642.